The van der Waals surface area contributed by atoms with Gasteiger partial charge in [-0.15, -0.1) is 24.8 Å². The Kier molecular flexibility index (Phi) is 10.7. The number of aromatic nitrogens is 1. The molecule has 3 aliphatic heterocycles. The Morgan fingerprint density at radius 2 is 1.77 bits per heavy atom. The van der Waals surface area contributed by atoms with Crippen LogP contribution < -0.4 is 15.5 Å². The lowest BCUT2D eigenvalue weighted by atomic mass is 9.96. The van der Waals surface area contributed by atoms with Crippen molar-refractivity contribution in [1.29, 1.82) is 0 Å². The van der Waals surface area contributed by atoms with E-state index in [1.807, 2.05) is 54.6 Å². The van der Waals surface area contributed by atoms with Gasteiger partial charge in [0, 0.05) is 68.9 Å². The highest BCUT2D eigenvalue weighted by Gasteiger charge is 2.30. The van der Waals surface area contributed by atoms with Crippen molar-refractivity contribution in [1.82, 2.24) is 20.1 Å². The number of hydrogen-bond acceptors (Lipinski definition) is 6. The van der Waals surface area contributed by atoms with Crippen LogP contribution in [-0.4, -0.2) is 78.3 Å². The number of piperazine rings is 1. The predicted molar refractivity (Wildman–Crippen MR) is 173 cm³/mol. The van der Waals surface area contributed by atoms with Crippen molar-refractivity contribution in [3.05, 3.63) is 77.6 Å². The van der Waals surface area contributed by atoms with E-state index in [0.717, 1.165) is 67.9 Å². The zero-order valence-corrected chi connectivity index (χ0v) is 25.9. The first-order valence-electron chi connectivity index (χ1n) is 14.5. The quantitative estimate of drug-likeness (QED) is 0.420. The van der Waals surface area contributed by atoms with Crippen LogP contribution in [-0.2, 0) is 11.3 Å². The molecule has 0 saturated carbocycles. The second kappa shape index (κ2) is 14.2. The maximum absolute atomic E-state index is 13.4. The Morgan fingerprint density at radius 1 is 0.977 bits per heavy atom. The highest BCUT2D eigenvalue weighted by molar-refractivity contribution is 6.00. The fourth-order valence-corrected chi connectivity index (χ4v) is 6.01. The molecule has 228 valence electrons. The second-order valence-electron chi connectivity index (χ2n) is 11.0. The lowest BCUT2D eigenvalue weighted by Gasteiger charge is -2.35. The number of likely N-dealkylation sites (tertiary alicyclic amines) is 1. The number of fused-ring (bicyclic) bond motifs is 1. The summed E-state index contributed by atoms with van der Waals surface area (Å²) in [6.07, 6.45) is 3.20. The van der Waals surface area contributed by atoms with Gasteiger partial charge in [0.2, 0.25) is 5.91 Å². The van der Waals surface area contributed by atoms with Crippen LogP contribution in [0.15, 0.2) is 60.8 Å². The van der Waals surface area contributed by atoms with Crippen LogP contribution in [0.5, 0.6) is 0 Å². The maximum atomic E-state index is 13.4. The smallest absolute Gasteiger partial charge is 0.272 e. The van der Waals surface area contributed by atoms with Crippen molar-refractivity contribution >= 4 is 53.9 Å². The van der Waals surface area contributed by atoms with Gasteiger partial charge in [0.05, 0.1) is 5.92 Å². The molecule has 3 amide bonds. The molecule has 11 heteroatoms. The Hall–Kier alpha value is -3.66. The summed E-state index contributed by atoms with van der Waals surface area (Å²) in [5, 5.41) is 5.91. The Balaban J connectivity index is 0.00000212. The molecular formula is C32H38Cl2N6O3. The fraction of sp³-hybridized carbons (Fsp3) is 0.375. The Bertz CT molecular complexity index is 1480. The van der Waals surface area contributed by atoms with Crippen molar-refractivity contribution in [2.45, 2.75) is 26.3 Å². The molecule has 1 atom stereocenters. The number of nitrogens with one attached hydrogen (secondary N) is 2. The molecule has 0 bridgehead atoms. The molecule has 1 aromatic heterocycles. The number of amides is 3. The summed E-state index contributed by atoms with van der Waals surface area (Å²) >= 11 is 0. The van der Waals surface area contributed by atoms with Crippen LogP contribution in [0.2, 0.25) is 0 Å². The highest BCUT2D eigenvalue weighted by atomic mass is 35.5. The molecule has 2 fully saturated rings. The van der Waals surface area contributed by atoms with E-state index in [1.165, 1.54) is 0 Å². The standard InChI is InChI=1S/C32H36N6O3.2ClH/c1-2-36-13-15-37(16-14-36)27-10-11-33-29(19-27)32(41)38-12-4-6-25(21-38)30(39)35-26-7-3-5-22(17-26)23-8-9-24-20-34-31(40)28(24)18-23;;/h3,5,7-11,17-19,25H,2,4,6,12-16,20-21H2,1H3,(H,34,40)(H,35,39);2*1H/t25-;;/m0../s1. The lowest BCUT2D eigenvalue weighted by molar-refractivity contribution is -0.121. The summed E-state index contributed by atoms with van der Waals surface area (Å²) in [6.45, 7) is 8.66. The van der Waals surface area contributed by atoms with Gasteiger partial charge in [-0.1, -0.05) is 31.2 Å². The van der Waals surface area contributed by atoms with Crippen LogP contribution in [0, 0.1) is 5.92 Å². The summed E-state index contributed by atoms with van der Waals surface area (Å²) < 4.78 is 0. The number of pyridine rings is 1. The zero-order valence-electron chi connectivity index (χ0n) is 24.3. The van der Waals surface area contributed by atoms with Crippen LogP contribution in [0.25, 0.3) is 11.1 Å². The van der Waals surface area contributed by atoms with Gasteiger partial charge in [0.15, 0.2) is 0 Å². The maximum Gasteiger partial charge on any atom is 0.272 e. The number of benzene rings is 2. The fourth-order valence-electron chi connectivity index (χ4n) is 6.01. The monoisotopic (exact) mass is 624 g/mol. The number of carbonyl (C=O) groups is 3. The molecule has 0 unspecified atom stereocenters. The Morgan fingerprint density at radius 3 is 2.56 bits per heavy atom. The van der Waals surface area contributed by atoms with E-state index in [9.17, 15) is 14.4 Å². The van der Waals surface area contributed by atoms with Crippen LogP contribution in [0.1, 0.15) is 46.2 Å². The van der Waals surface area contributed by atoms with E-state index in [4.69, 9.17) is 0 Å². The molecule has 6 rings (SSSR count). The minimum absolute atomic E-state index is 0. The van der Waals surface area contributed by atoms with Gasteiger partial charge in [0.1, 0.15) is 5.69 Å². The molecule has 9 nitrogen and oxygen atoms in total. The van der Waals surface area contributed by atoms with Gasteiger partial charge >= 0.3 is 0 Å². The van der Waals surface area contributed by atoms with Gasteiger partial charge in [-0.2, -0.15) is 0 Å². The van der Waals surface area contributed by atoms with Crippen molar-refractivity contribution in [2.24, 2.45) is 5.92 Å². The molecule has 2 N–H and O–H groups in total. The summed E-state index contributed by atoms with van der Waals surface area (Å²) in [6, 6.07) is 17.4. The first-order chi connectivity index (χ1) is 20.0. The molecule has 0 radical (unpaired) electrons. The summed E-state index contributed by atoms with van der Waals surface area (Å²) in [5.74, 6) is -0.576. The van der Waals surface area contributed by atoms with Gasteiger partial charge < -0.3 is 25.3 Å². The van der Waals surface area contributed by atoms with Crippen LogP contribution >= 0.6 is 24.8 Å². The first-order valence-corrected chi connectivity index (χ1v) is 14.5. The number of likely N-dealkylation sites (N-methyl/N-ethyl adjacent to an activating group) is 1. The molecule has 3 aliphatic rings. The van der Waals surface area contributed by atoms with Crippen molar-refractivity contribution in [3.63, 3.8) is 0 Å². The highest BCUT2D eigenvalue weighted by Crippen LogP contribution is 2.28. The largest absolute Gasteiger partial charge is 0.369 e. The lowest BCUT2D eigenvalue weighted by Crippen LogP contribution is -2.46. The molecule has 4 heterocycles. The van der Waals surface area contributed by atoms with Crippen LogP contribution in [0.4, 0.5) is 11.4 Å². The van der Waals surface area contributed by atoms with Crippen molar-refractivity contribution in [3.8, 4) is 11.1 Å². The summed E-state index contributed by atoms with van der Waals surface area (Å²) in [5.41, 5.74) is 5.69. The zero-order chi connectivity index (χ0) is 28.3. The number of piperidine rings is 1. The minimum atomic E-state index is -0.301. The van der Waals surface area contributed by atoms with Gasteiger partial charge in [0.25, 0.3) is 11.8 Å². The predicted octanol–water partition coefficient (Wildman–Crippen LogP) is 4.47. The topological polar surface area (TPSA) is 97.9 Å². The van der Waals surface area contributed by atoms with Crippen molar-refractivity contribution in [2.75, 3.05) is 56.0 Å². The number of hydrogen-bond donors (Lipinski definition) is 2. The third-order valence-electron chi connectivity index (χ3n) is 8.48. The average Bonchev–Trinajstić information content (AvgIpc) is 3.40. The van der Waals surface area contributed by atoms with Gasteiger partial charge in [-0.05, 0) is 66.4 Å². The van der Waals surface area contributed by atoms with E-state index in [2.05, 4.69) is 32.3 Å². The number of anilines is 2. The molecular weight excluding hydrogens is 587 g/mol. The second-order valence-corrected chi connectivity index (χ2v) is 11.0. The van der Waals surface area contributed by atoms with Gasteiger partial charge in [-0.3, -0.25) is 19.4 Å². The Labute approximate surface area is 264 Å². The van der Waals surface area contributed by atoms with E-state index >= 15 is 0 Å². The number of halogens is 2. The molecule has 3 aromatic rings. The average molecular weight is 626 g/mol. The van der Waals surface area contributed by atoms with Crippen molar-refractivity contribution < 1.29 is 14.4 Å². The first kappa shape index (κ1) is 32.3. The van der Waals surface area contributed by atoms with E-state index in [1.54, 1.807) is 11.1 Å². The molecule has 0 aliphatic carbocycles. The van der Waals surface area contributed by atoms with E-state index in [0.29, 0.717) is 36.6 Å². The molecule has 43 heavy (non-hydrogen) atoms. The number of carbonyl (C=O) groups excluding carboxylic acids is 3. The summed E-state index contributed by atoms with van der Waals surface area (Å²) in [7, 11) is 0. The SMILES string of the molecule is CCN1CCN(c2ccnc(C(=O)N3CCC[C@H](C(=O)Nc4cccc(-c5ccc6c(c5)C(=O)NC6)c4)C3)c2)CC1.Cl.Cl. The van der Waals surface area contributed by atoms with Gasteiger partial charge in [-0.25, -0.2) is 0 Å². The van der Waals surface area contributed by atoms with Crippen LogP contribution in [0.3, 0.4) is 0 Å². The molecule has 0 spiro atoms. The summed E-state index contributed by atoms with van der Waals surface area (Å²) in [4.78, 5) is 49.7. The van der Waals surface area contributed by atoms with E-state index < -0.39 is 0 Å². The molecule has 2 saturated heterocycles. The number of nitrogens with zero attached hydrogens (tertiary/aromatic N) is 4. The number of rotatable bonds is 6. The normalized spacial score (nSPS) is 18.2. The third kappa shape index (κ3) is 7.12. The minimum Gasteiger partial charge on any atom is -0.369 e. The third-order valence-corrected chi connectivity index (χ3v) is 8.48. The van der Waals surface area contributed by atoms with E-state index in [-0.39, 0.29) is 48.5 Å². The molecule has 2 aromatic carbocycles.